The minimum atomic E-state index is -0.793. The Bertz CT molecular complexity index is 703. The van der Waals surface area contributed by atoms with Gasteiger partial charge >= 0.3 is 12.1 Å². The number of hydrogen-bond donors (Lipinski definition) is 1. The summed E-state index contributed by atoms with van der Waals surface area (Å²) in [5, 5.41) is 6.60. The van der Waals surface area contributed by atoms with E-state index in [1.165, 1.54) is 0 Å². The molecule has 1 aromatic heterocycles. The number of nitrogens with zero attached hydrogens (tertiary/aromatic N) is 2. The van der Waals surface area contributed by atoms with Gasteiger partial charge in [-0.2, -0.15) is 5.10 Å². The molecule has 7 nitrogen and oxygen atoms in total. The minimum absolute atomic E-state index is 0.124. The molecule has 0 spiro atoms. The Kier molecular flexibility index (Phi) is 5.80. The third kappa shape index (κ3) is 5.95. The van der Waals surface area contributed by atoms with Gasteiger partial charge in [0, 0.05) is 12.4 Å². The van der Waals surface area contributed by atoms with Gasteiger partial charge in [-0.1, -0.05) is 12.1 Å². The molecule has 0 aliphatic heterocycles. The topological polar surface area (TPSA) is 82.5 Å². The molecule has 134 valence electrons. The highest BCUT2D eigenvalue weighted by Gasteiger charge is 2.21. The summed E-state index contributed by atoms with van der Waals surface area (Å²) in [5.41, 5.74) is 1.14. The van der Waals surface area contributed by atoms with E-state index in [2.05, 4.69) is 10.4 Å². The molecule has 2 aromatic rings. The largest absolute Gasteiger partial charge is 0.459 e. The lowest BCUT2D eigenvalue weighted by Gasteiger charge is -2.21. The summed E-state index contributed by atoms with van der Waals surface area (Å²) in [5.74, 6) is -0.526. The van der Waals surface area contributed by atoms with Gasteiger partial charge in [-0.05, 0) is 51.5 Å². The van der Waals surface area contributed by atoms with E-state index >= 15 is 0 Å². The van der Waals surface area contributed by atoms with Crippen molar-refractivity contribution in [1.29, 1.82) is 0 Å². The number of nitrogens with one attached hydrogen (secondary N) is 1. The second-order valence-electron chi connectivity index (χ2n) is 6.59. The third-order valence-corrected chi connectivity index (χ3v) is 3.17. The van der Waals surface area contributed by atoms with Gasteiger partial charge in [-0.25, -0.2) is 14.3 Å². The lowest BCUT2D eigenvalue weighted by Crippen LogP contribution is -2.42. The van der Waals surface area contributed by atoms with E-state index in [0.717, 1.165) is 11.3 Å². The smallest absolute Gasteiger partial charge is 0.408 e. The number of carbonyl (C=O) groups is 2. The first-order valence-corrected chi connectivity index (χ1v) is 8.00. The molecule has 1 atom stereocenters. The summed E-state index contributed by atoms with van der Waals surface area (Å²) in [6.45, 7) is 6.93. The Labute approximate surface area is 146 Å². The first kappa shape index (κ1) is 18.5. The summed E-state index contributed by atoms with van der Waals surface area (Å²) in [6, 6.07) is 8.54. The van der Waals surface area contributed by atoms with Crippen LogP contribution in [-0.2, 0) is 20.9 Å². The molecule has 0 saturated heterocycles. The summed E-state index contributed by atoms with van der Waals surface area (Å²) >= 11 is 0. The number of carbonyl (C=O) groups excluding carboxylic acids is 2. The number of amides is 1. The fraction of sp³-hybridized carbons (Fsp3) is 0.389. The molecule has 1 unspecified atom stereocenters. The highest BCUT2D eigenvalue weighted by atomic mass is 16.6. The van der Waals surface area contributed by atoms with Crippen LogP contribution < -0.4 is 5.32 Å². The number of ether oxygens (including phenoxy) is 2. The van der Waals surface area contributed by atoms with Crippen LogP contribution in [0.1, 0.15) is 33.3 Å². The number of hydrogen-bond acceptors (Lipinski definition) is 5. The van der Waals surface area contributed by atoms with Gasteiger partial charge in [0.05, 0.1) is 5.69 Å². The first-order valence-electron chi connectivity index (χ1n) is 8.00. The van der Waals surface area contributed by atoms with E-state index in [-0.39, 0.29) is 6.61 Å². The highest BCUT2D eigenvalue weighted by Crippen LogP contribution is 2.10. The number of alkyl carbamates (subject to hydrolysis) is 1. The average Bonchev–Trinajstić information content (AvgIpc) is 3.05. The van der Waals surface area contributed by atoms with Crippen molar-refractivity contribution in [2.24, 2.45) is 0 Å². The second-order valence-corrected chi connectivity index (χ2v) is 6.59. The number of esters is 1. The van der Waals surface area contributed by atoms with Crippen LogP contribution in [0, 0.1) is 0 Å². The van der Waals surface area contributed by atoms with Crippen molar-refractivity contribution in [2.75, 3.05) is 0 Å². The second kappa shape index (κ2) is 7.83. The van der Waals surface area contributed by atoms with Crippen LogP contribution in [0.5, 0.6) is 0 Å². The van der Waals surface area contributed by atoms with Crippen LogP contribution in [-0.4, -0.2) is 33.5 Å². The van der Waals surface area contributed by atoms with Gasteiger partial charge in [0.25, 0.3) is 0 Å². The van der Waals surface area contributed by atoms with Crippen molar-refractivity contribution < 1.29 is 19.1 Å². The number of aromatic nitrogens is 2. The molecular formula is C18H23N3O4. The maximum Gasteiger partial charge on any atom is 0.408 e. The molecular weight excluding hydrogens is 322 g/mol. The van der Waals surface area contributed by atoms with Crippen LogP contribution in [0.15, 0.2) is 42.7 Å². The zero-order chi connectivity index (χ0) is 18.4. The molecule has 0 fully saturated rings. The summed E-state index contributed by atoms with van der Waals surface area (Å²) in [4.78, 5) is 23.6. The number of rotatable bonds is 5. The fourth-order valence-electron chi connectivity index (χ4n) is 1.99. The van der Waals surface area contributed by atoms with Crippen molar-refractivity contribution in [3.8, 4) is 5.69 Å². The molecule has 25 heavy (non-hydrogen) atoms. The normalized spacial score (nSPS) is 12.3. The monoisotopic (exact) mass is 345 g/mol. The molecule has 0 aliphatic carbocycles. The van der Waals surface area contributed by atoms with E-state index in [1.54, 1.807) is 38.6 Å². The zero-order valence-corrected chi connectivity index (χ0v) is 14.9. The summed E-state index contributed by atoms with van der Waals surface area (Å²) < 4.78 is 12.1. The maximum absolute atomic E-state index is 12.0. The lowest BCUT2D eigenvalue weighted by molar-refractivity contribution is -0.147. The van der Waals surface area contributed by atoms with Crippen LogP contribution in [0.4, 0.5) is 4.79 Å². The molecule has 1 amide bonds. The molecule has 0 aliphatic rings. The Morgan fingerprint density at radius 3 is 2.48 bits per heavy atom. The van der Waals surface area contributed by atoms with E-state index in [9.17, 15) is 9.59 Å². The van der Waals surface area contributed by atoms with Crippen molar-refractivity contribution in [2.45, 2.75) is 45.9 Å². The van der Waals surface area contributed by atoms with E-state index in [0.29, 0.717) is 0 Å². The maximum atomic E-state index is 12.0. The van der Waals surface area contributed by atoms with Gasteiger partial charge in [-0.15, -0.1) is 0 Å². The zero-order valence-electron chi connectivity index (χ0n) is 14.9. The molecule has 1 aromatic carbocycles. The molecule has 1 N–H and O–H groups in total. The number of benzene rings is 1. The quantitative estimate of drug-likeness (QED) is 0.843. The summed E-state index contributed by atoms with van der Waals surface area (Å²) in [6.07, 6.45) is 2.90. The molecule has 7 heteroatoms. The van der Waals surface area contributed by atoms with Crippen LogP contribution in [0.25, 0.3) is 5.69 Å². The SMILES string of the molecule is CC(NC(=O)OC(C)(C)C)C(=O)OCc1ccc(-n2cccn2)cc1. The van der Waals surface area contributed by atoms with Crippen LogP contribution >= 0.6 is 0 Å². The van der Waals surface area contributed by atoms with E-state index in [1.807, 2.05) is 36.5 Å². The van der Waals surface area contributed by atoms with E-state index in [4.69, 9.17) is 9.47 Å². The molecule has 0 radical (unpaired) electrons. The van der Waals surface area contributed by atoms with Crippen LogP contribution in [0.2, 0.25) is 0 Å². The predicted octanol–water partition coefficient (Wildman–Crippen LogP) is 2.83. The highest BCUT2D eigenvalue weighted by molar-refractivity contribution is 5.81. The third-order valence-electron chi connectivity index (χ3n) is 3.17. The predicted molar refractivity (Wildman–Crippen MR) is 92.2 cm³/mol. The Balaban J connectivity index is 1.82. The Morgan fingerprint density at radius 2 is 1.92 bits per heavy atom. The van der Waals surface area contributed by atoms with Gasteiger partial charge in [0.15, 0.2) is 0 Å². The molecule has 1 heterocycles. The first-order chi connectivity index (χ1) is 11.7. The Morgan fingerprint density at radius 1 is 1.24 bits per heavy atom. The van der Waals surface area contributed by atoms with Gasteiger partial charge in [0.2, 0.25) is 0 Å². The molecule has 0 saturated carbocycles. The van der Waals surface area contributed by atoms with Crippen molar-refractivity contribution >= 4 is 12.1 Å². The lowest BCUT2D eigenvalue weighted by atomic mass is 10.2. The van der Waals surface area contributed by atoms with Crippen LogP contribution in [0.3, 0.4) is 0 Å². The molecule has 2 rings (SSSR count). The molecule has 0 bridgehead atoms. The van der Waals surface area contributed by atoms with Gasteiger partial charge in [-0.3, -0.25) is 0 Å². The minimum Gasteiger partial charge on any atom is -0.459 e. The fourth-order valence-corrected chi connectivity index (χ4v) is 1.99. The summed E-state index contributed by atoms with van der Waals surface area (Å²) in [7, 11) is 0. The Hall–Kier alpha value is -2.83. The van der Waals surface area contributed by atoms with E-state index < -0.39 is 23.7 Å². The van der Waals surface area contributed by atoms with Crippen molar-refractivity contribution in [1.82, 2.24) is 15.1 Å². The van der Waals surface area contributed by atoms with Gasteiger partial charge in [0.1, 0.15) is 18.2 Å². The van der Waals surface area contributed by atoms with Crippen molar-refractivity contribution in [3.05, 3.63) is 48.3 Å². The van der Waals surface area contributed by atoms with Gasteiger partial charge < -0.3 is 14.8 Å². The van der Waals surface area contributed by atoms with Crippen molar-refractivity contribution in [3.63, 3.8) is 0 Å². The average molecular weight is 345 g/mol. The standard InChI is InChI=1S/C18H23N3O4/c1-13(20-17(23)25-18(2,3)4)16(22)24-12-14-6-8-15(9-7-14)21-11-5-10-19-21/h5-11,13H,12H2,1-4H3,(H,20,23).